The lowest BCUT2D eigenvalue weighted by Crippen LogP contribution is -2.14. The van der Waals surface area contributed by atoms with E-state index >= 15 is 0 Å². The topological polar surface area (TPSA) is 67.8 Å². The molecule has 1 amide bonds. The smallest absolute Gasteiger partial charge is 0.275 e. The van der Waals surface area contributed by atoms with Gasteiger partial charge in [-0.15, -0.1) is 0 Å². The highest BCUT2D eigenvalue weighted by Gasteiger charge is 2.11. The molecule has 5 nitrogen and oxygen atoms in total. The average Bonchev–Trinajstić information content (AvgIpc) is 2.47. The van der Waals surface area contributed by atoms with Crippen molar-refractivity contribution in [1.82, 2.24) is 15.0 Å². The fourth-order valence-corrected chi connectivity index (χ4v) is 2.37. The van der Waals surface area contributed by atoms with E-state index in [1.54, 1.807) is 12.3 Å². The van der Waals surface area contributed by atoms with Crippen LogP contribution in [0.15, 0.2) is 47.3 Å². The van der Waals surface area contributed by atoms with Gasteiger partial charge in [0.1, 0.15) is 10.8 Å². The Balaban J connectivity index is 1.96. The number of hydrogen-bond donors (Lipinski definition) is 1. The van der Waals surface area contributed by atoms with Gasteiger partial charge in [0.15, 0.2) is 0 Å². The minimum absolute atomic E-state index is 0.150. The molecule has 0 aliphatic heterocycles. The largest absolute Gasteiger partial charge is 0.319 e. The Kier molecular flexibility index (Phi) is 3.81. The van der Waals surface area contributed by atoms with Crippen molar-refractivity contribution in [2.45, 2.75) is 0 Å². The zero-order valence-electron chi connectivity index (χ0n) is 10.5. The van der Waals surface area contributed by atoms with Crippen molar-refractivity contribution in [3.8, 4) is 0 Å². The summed E-state index contributed by atoms with van der Waals surface area (Å²) in [7, 11) is 0. The zero-order valence-corrected chi connectivity index (χ0v) is 12.9. The van der Waals surface area contributed by atoms with Crippen LogP contribution in [0.4, 0.5) is 5.69 Å². The molecule has 0 saturated carbocycles. The molecule has 0 bridgehead atoms. The van der Waals surface area contributed by atoms with Gasteiger partial charge in [-0.25, -0.2) is 4.98 Å². The number of benzene rings is 1. The highest BCUT2D eigenvalue weighted by atomic mass is 79.9. The number of rotatable bonds is 2. The lowest BCUT2D eigenvalue weighted by atomic mass is 10.2. The van der Waals surface area contributed by atoms with Crippen LogP contribution in [0.2, 0.25) is 5.15 Å². The molecular formula is C14H8BrClN4O. The number of anilines is 1. The summed E-state index contributed by atoms with van der Waals surface area (Å²) < 4.78 is 0.874. The van der Waals surface area contributed by atoms with Gasteiger partial charge in [0.25, 0.3) is 5.91 Å². The summed E-state index contributed by atoms with van der Waals surface area (Å²) in [5.41, 5.74) is 1.45. The molecule has 0 radical (unpaired) electrons. The quantitative estimate of drug-likeness (QED) is 0.754. The minimum Gasteiger partial charge on any atom is -0.319 e. The number of aromatic nitrogens is 3. The van der Waals surface area contributed by atoms with Crippen molar-refractivity contribution < 1.29 is 4.79 Å². The molecule has 0 unspecified atom stereocenters. The van der Waals surface area contributed by atoms with Gasteiger partial charge in [-0.3, -0.25) is 14.8 Å². The third-order valence-corrected chi connectivity index (χ3v) is 3.38. The number of amides is 1. The van der Waals surface area contributed by atoms with Crippen LogP contribution < -0.4 is 5.32 Å². The maximum atomic E-state index is 12.2. The van der Waals surface area contributed by atoms with Crippen molar-refractivity contribution >= 4 is 50.0 Å². The minimum atomic E-state index is -0.387. The van der Waals surface area contributed by atoms with Gasteiger partial charge < -0.3 is 5.32 Å². The summed E-state index contributed by atoms with van der Waals surface area (Å²) in [6.45, 7) is 0. The number of pyridine rings is 1. The molecule has 3 rings (SSSR count). The summed E-state index contributed by atoms with van der Waals surface area (Å²) in [5.74, 6) is -0.387. The Morgan fingerprint density at radius 3 is 2.90 bits per heavy atom. The first-order chi connectivity index (χ1) is 10.1. The third-order valence-electron chi connectivity index (χ3n) is 2.76. The molecule has 7 heteroatoms. The number of fused-ring (bicyclic) bond motifs is 1. The van der Waals surface area contributed by atoms with E-state index in [9.17, 15) is 4.79 Å². The van der Waals surface area contributed by atoms with E-state index in [0.717, 1.165) is 9.86 Å². The maximum absolute atomic E-state index is 12.2. The molecule has 1 aromatic carbocycles. The highest BCUT2D eigenvalue weighted by Crippen LogP contribution is 2.24. The molecule has 1 N–H and O–H groups in total. The summed E-state index contributed by atoms with van der Waals surface area (Å²) >= 11 is 9.10. The fraction of sp³-hybridized carbons (Fsp3) is 0. The van der Waals surface area contributed by atoms with Crippen LogP contribution in [0.25, 0.3) is 10.9 Å². The maximum Gasteiger partial charge on any atom is 0.275 e. The van der Waals surface area contributed by atoms with Crippen LogP contribution in [0.5, 0.6) is 0 Å². The molecule has 0 aliphatic carbocycles. The Morgan fingerprint density at radius 2 is 2.10 bits per heavy atom. The molecule has 0 atom stereocenters. The van der Waals surface area contributed by atoms with Gasteiger partial charge in [0.05, 0.1) is 23.6 Å². The second kappa shape index (κ2) is 5.75. The number of carbonyl (C=O) groups is 1. The van der Waals surface area contributed by atoms with Gasteiger partial charge in [-0.1, -0.05) is 23.7 Å². The van der Waals surface area contributed by atoms with E-state index in [2.05, 4.69) is 36.2 Å². The first-order valence-electron chi connectivity index (χ1n) is 5.96. The van der Waals surface area contributed by atoms with Gasteiger partial charge in [0.2, 0.25) is 0 Å². The van der Waals surface area contributed by atoms with Crippen molar-refractivity contribution in [1.29, 1.82) is 0 Å². The van der Waals surface area contributed by atoms with Gasteiger partial charge >= 0.3 is 0 Å². The van der Waals surface area contributed by atoms with E-state index in [1.165, 1.54) is 12.4 Å². The van der Waals surface area contributed by atoms with Crippen molar-refractivity contribution in [3.63, 3.8) is 0 Å². The number of carbonyl (C=O) groups excluding carboxylic acids is 1. The zero-order chi connectivity index (χ0) is 14.8. The second-order valence-corrected chi connectivity index (χ2v) is 5.51. The Bertz CT molecular complexity index is 840. The van der Waals surface area contributed by atoms with Crippen LogP contribution in [0.3, 0.4) is 0 Å². The van der Waals surface area contributed by atoms with Crippen LogP contribution in [-0.2, 0) is 0 Å². The summed E-state index contributed by atoms with van der Waals surface area (Å²) in [6, 6.07) is 7.47. The normalized spacial score (nSPS) is 10.6. The van der Waals surface area contributed by atoms with E-state index < -0.39 is 0 Å². The lowest BCUT2D eigenvalue weighted by molar-refractivity contribution is 0.102. The number of nitrogens with zero attached hydrogens (tertiary/aromatic N) is 3. The van der Waals surface area contributed by atoms with Crippen LogP contribution in [0.1, 0.15) is 10.5 Å². The lowest BCUT2D eigenvalue weighted by Gasteiger charge is -2.07. The van der Waals surface area contributed by atoms with Crippen molar-refractivity contribution in [2.24, 2.45) is 0 Å². The van der Waals surface area contributed by atoms with Gasteiger partial charge in [0, 0.05) is 16.1 Å². The average molecular weight is 364 g/mol. The van der Waals surface area contributed by atoms with Crippen LogP contribution in [0, 0.1) is 0 Å². The third kappa shape index (κ3) is 3.01. The standard InChI is InChI=1S/C14H8BrClN4O/c15-9-4-8-2-1-3-10(13(8)18-5-9)20-14(21)11-6-17-7-12(16)19-11/h1-7H,(H,20,21). The SMILES string of the molecule is O=C(Nc1cccc2cc(Br)cnc12)c1cncc(Cl)n1. The Hall–Kier alpha value is -2.05. The monoisotopic (exact) mass is 362 g/mol. The molecule has 21 heavy (non-hydrogen) atoms. The highest BCUT2D eigenvalue weighted by molar-refractivity contribution is 9.10. The molecule has 0 spiro atoms. The molecule has 0 fully saturated rings. The summed E-state index contributed by atoms with van der Waals surface area (Å²) in [5, 5.41) is 3.86. The van der Waals surface area contributed by atoms with Gasteiger partial charge in [-0.2, -0.15) is 0 Å². The Labute approximate surface area is 133 Å². The summed E-state index contributed by atoms with van der Waals surface area (Å²) in [6.07, 6.45) is 4.41. The van der Waals surface area contributed by atoms with E-state index in [-0.39, 0.29) is 16.8 Å². The van der Waals surface area contributed by atoms with Crippen LogP contribution >= 0.6 is 27.5 Å². The molecule has 0 aliphatic rings. The molecule has 3 aromatic rings. The predicted molar refractivity (Wildman–Crippen MR) is 84.4 cm³/mol. The molecule has 2 heterocycles. The number of hydrogen-bond acceptors (Lipinski definition) is 4. The fourth-order valence-electron chi connectivity index (χ4n) is 1.87. The first kappa shape index (κ1) is 13.9. The molecule has 104 valence electrons. The van der Waals surface area contributed by atoms with E-state index in [0.29, 0.717) is 11.2 Å². The first-order valence-corrected chi connectivity index (χ1v) is 7.14. The molecule has 0 saturated heterocycles. The number of nitrogens with one attached hydrogen (secondary N) is 1. The van der Waals surface area contributed by atoms with E-state index in [1.807, 2.05) is 18.2 Å². The van der Waals surface area contributed by atoms with Gasteiger partial charge in [-0.05, 0) is 28.1 Å². The second-order valence-electron chi connectivity index (χ2n) is 4.21. The molecule has 2 aromatic heterocycles. The van der Waals surface area contributed by atoms with Crippen molar-refractivity contribution in [3.05, 3.63) is 58.2 Å². The van der Waals surface area contributed by atoms with Crippen molar-refractivity contribution in [2.75, 3.05) is 5.32 Å². The Morgan fingerprint density at radius 1 is 1.24 bits per heavy atom. The molecular weight excluding hydrogens is 356 g/mol. The number of para-hydroxylation sites is 1. The van der Waals surface area contributed by atoms with E-state index in [4.69, 9.17) is 11.6 Å². The summed E-state index contributed by atoms with van der Waals surface area (Å²) in [4.78, 5) is 24.3. The predicted octanol–water partition coefficient (Wildman–Crippen LogP) is 3.69. The van der Waals surface area contributed by atoms with Crippen LogP contribution in [-0.4, -0.2) is 20.9 Å². The number of halogens is 2.